The number of nitrogens with zero attached hydrogens (tertiary/aromatic N) is 1. The normalized spacial score (nSPS) is 18.1. The van der Waals surface area contributed by atoms with Gasteiger partial charge in [-0.25, -0.2) is 4.42 Å². The highest BCUT2D eigenvalue weighted by Crippen LogP contribution is 2.41. The minimum Gasteiger partial charge on any atom is -0.497 e. The van der Waals surface area contributed by atoms with Crippen molar-refractivity contribution in [3.8, 4) is 5.75 Å². The predicted molar refractivity (Wildman–Crippen MR) is 97.1 cm³/mol. The fraction of sp³-hybridized carbons (Fsp3) is 0.222. The summed E-state index contributed by atoms with van der Waals surface area (Å²) >= 11 is 10.2. The molecular formula is C18H16BrClN2O. The average molecular weight is 392 g/mol. The Balaban J connectivity index is 1.88. The van der Waals surface area contributed by atoms with E-state index >= 15 is 0 Å². The van der Waals surface area contributed by atoms with Crippen molar-refractivity contribution in [3.63, 3.8) is 0 Å². The number of fused-ring (bicyclic) bond motifs is 3. The lowest BCUT2D eigenvalue weighted by Crippen LogP contribution is -2.28. The Kier molecular flexibility index (Phi) is 3.84. The molecule has 0 saturated carbocycles. The van der Waals surface area contributed by atoms with Crippen LogP contribution in [0.3, 0.4) is 0 Å². The van der Waals surface area contributed by atoms with Gasteiger partial charge in [0.1, 0.15) is 5.75 Å². The van der Waals surface area contributed by atoms with Gasteiger partial charge >= 0.3 is 0 Å². The molecule has 23 heavy (non-hydrogen) atoms. The summed E-state index contributed by atoms with van der Waals surface area (Å²) < 4.78 is 8.27. The van der Waals surface area contributed by atoms with E-state index in [0.717, 1.165) is 34.3 Å². The highest BCUT2D eigenvalue weighted by Gasteiger charge is 2.31. The summed E-state index contributed by atoms with van der Waals surface area (Å²) in [7, 11) is 1.68. The van der Waals surface area contributed by atoms with Crippen LogP contribution in [0.25, 0.3) is 10.9 Å². The maximum absolute atomic E-state index is 6.56. The number of aromatic amines is 1. The van der Waals surface area contributed by atoms with Crippen molar-refractivity contribution in [2.75, 3.05) is 13.7 Å². The minimum absolute atomic E-state index is 0.0191. The second-order valence-electron chi connectivity index (χ2n) is 5.73. The molecule has 0 amide bonds. The largest absolute Gasteiger partial charge is 0.497 e. The van der Waals surface area contributed by atoms with Crippen LogP contribution in [-0.2, 0) is 6.42 Å². The van der Waals surface area contributed by atoms with E-state index < -0.39 is 0 Å². The molecule has 2 aromatic carbocycles. The molecule has 1 atom stereocenters. The summed E-state index contributed by atoms with van der Waals surface area (Å²) in [5.41, 5.74) is 4.84. The Morgan fingerprint density at radius 1 is 1.22 bits per heavy atom. The van der Waals surface area contributed by atoms with E-state index in [1.807, 2.05) is 16.6 Å². The van der Waals surface area contributed by atoms with E-state index in [1.165, 1.54) is 16.6 Å². The first-order chi connectivity index (χ1) is 11.2. The number of benzene rings is 2. The van der Waals surface area contributed by atoms with Crippen molar-refractivity contribution in [3.05, 3.63) is 63.8 Å². The van der Waals surface area contributed by atoms with E-state index in [0.29, 0.717) is 0 Å². The molecule has 1 aliphatic heterocycles. The zero-order valence-electron chi connectivity index (χ0n) is 12.6. The van der Waals surface area contributed by atoms with Gasteiger partial charge in [0, 0.05) is 27.6 Å². The van der Waals surface area contributed by atoms with Crippen LogP contribution < -0.4 is 4.74 Å². The molecule has 1 aliphatic rings. The molecule has 118 valence electrons. The standard InChI is InChI=1S/C18H16BrClN2O/c1-23-12-7-5-11(6-8-12)18-17-13(9-10-22(18)20)16-14(19)3-2-4-15(16)21-17/h2-8,18,21H,9-10H2,1H3. The van der Waals surface area contributed by atoms with Crippen LogP contribution in [0.4, 0.5) is 0 Å². The number of rotatable bonds is 2. The van der Waals surface area contributed by atoms with Crippen LogP contribution in [0.2, 0.25) is 0 Å². The molecule has 0 radical (unpaired) electrons. The lowest BCUT2D eigenvalue weighted by atomic mass is 9.94. The number of methoxy groups -OCH3 is 1. The van der Waals surface area contributed by atoms with Gasteiger partial charge < -0.3 is 9.72 Å². The second-order valence-corrected chi connectivity index (χ2v) is 7.02. The van der Waals surface area contributed by atoms with Crippen molar-refractivity contribution >= 4 is 38.6 Å². The smallest absolute Gasteiger partial charge is 0.118 e. The molecule has 2 heterocycles. The number of hydrogen-bond donors (Lipinski definition) is 1. The zero-order chi connectivity index (χ0) is 16.0. The van der Waals surface area contributed by atoms with Gasteiger partial charge in [0.2, 0.25) is 0 Å². The Morgan fingerprint density at radius 2 is 2.00 bits per heavy atom. The zero-order valence-corrected chi connectivity index (χ0v) is 15.0. The van der Waals surface area contributed by atoms with Gasteiger partial charge in [0.25, 0.3) is 0 Å². The number of halogens is 2. The van der Waals surface area contributed by atoms with E-state index in [-0.39, 0.29) is 6.04 Å². The molecule has 0 saturated heterocycles. The second kappa shape index (κ2) is 5.86. The SMILES string of the molecule is COc1ccc(C2c3[nH]c4cccc(Br)c4c3CCN2Cl)cc1. The number of aromatic nitrogens is 1. The molecule has 5 heteroatoms. The molecule has 1 unspecified atom stereocenters. The lowest BCUT2D eigenvalue weighted by Gasteiger charge is -2.30. The molecule has 3 aromatic rings. The van der Waals surface area contributed by atoms with Gasteiger partial charge in [-0.2, -0.15) is 0 Å². The Labute approximate surface area is 148 Å². The molecular weight excluding hydrogens is 376 g/mol. The topological polar surface area (TPSA) is 28.3 Å². The van der Waals surface area contributed by atoms with Gasteiger partial charge in [-0.3, -0.25) is 0 Å². The van der Waals surface area contributed by atoms with Crippen LogP contribution in [0.5, 0.6) is 5.75 Å². The Hall–Kier alpha value is -1.49. The van der Waals surface area contributed by atoms with Gasteiger partial charge in [-0.1, -0.05) is 34.1 Å². The van der Waals surface area contributed by atoms with Crippen LogP contribution in [-0.4, -0.2) is 23.1 Å². The van der Waals surface area contributed by atoms with E-state index in [2.05, 4.69) is 51.2 Å². The number of ether oxygens (including phenoxy) is 1. The first-order valence-corrected chi connectivity index (χ1v) is 8.67. The van der Waals surface area contributed by atoms with Crippen molar-refractivity contribution in [1.29, 1.82) is 0 Å². The summed E-state index contributed by atoms with van der Waals surface area (Å²) in [6, 6.07) is 14.4. The van der Waals surface area contributed by atoms with E-state index in [4.69, 9.17) is 16.5 Å². The number of nitrogens with one attached hydrogen (secondary N) is 1. The van der Waals surface area contributed by atoms with Gasteiger partial charge in [-0.15, -0.1) is 0 Å². The summed E-state index contributed by atoms with van der Waals surface area (Å²) in [6.07, 6.45) is 0.939. The Morgan fingerprint density at radius 3 is 2.74 bits per heavy atom. The van der Waals surface area contributed by atoms with Gasteiger partial charge in [0.15, 0.2) is 0 Å². The molecule has 0 aliphatic carbocycles. The molecule has 0 bridgehead atoms. The fourth-order valence-electron chi connectivity index (χ4n) is 3.39. The van der Waals surface area contributed by atoms with Crippen LogP contribution in [0, 0.1) is 0 Å². The molecule has 1 N–H and O–H groups in total. The first kappa shape index (κ1) is 15.1. The Bertz CT molecular complexity index is 859. The van der Waals surface area contributed by atoms with E-state index in [9.17, 15) is 0 Å². The number of hydrogen-bond acceptors (Lipinski definition) is 2. The first-order valence-electron chi connectivity index (χ1n) is 7.54. The maximum Gasteiger partial charge on any atom is 0.118 e. The van der Waals surface area contributed by atoms with Crippen molar-refractivity contribution < 1.29 is 4.74 Å². The monoisotopic (exact) mass is 390 g/mol. The minimum atomic E-state index is 0.0191. The van der Waals surface area contributed by atoms with Crippen LogP contribution in [0.15, 0.2) is 46.9 Å². The highest BCUT2D eigenvalue weighted by molar-refractivity contribution is 9.10. The summed E-state index contributed by atoms with van der Waals surface area (Å²) in [5, 5.41) is 1.27. The highest BCUT2D eigenvalue weighted by atomic mass is 79.9. The van der Waals surface area contributed by atoms with Crippen LogP contribution in [0.1, 0.15) is 22.9 Å². The predicted octanol–water partition coefficient (Wildman–Crippen LogP) is 5.04. The molecule has 4 rings (SSSR count). The fourth-order valence-corrected chi connectivity index (χ4v) is 4.29. The average Bonchev–Trinajstić information content (AvgIpc) is 2.94. The maximum atomic E-state index is 6.56. The van der Waals surface area contributed by atoms with Gasteiger partial charge in [0.05, 0.1) is 13.2 Å². The third-order valence-electron chi connectivity index (χ3n) is 4.47. The quantitative estimate of drug-likeness (QED) is 0.620. The van der Waals surface area contributed by atoms with E-state index in [1.54, 1.807) is 7.11 Å². The van der Waals surface area contributed by atoms with Crippen molar-refractivity contribution in [2.45, 2.75) is 12.5 Å². The summed E-state index contributed by atoms with van der Waals surface area (Å²) in [5.74, 6) is 0.852. The van der Waals surface area contributed by atoms with Crippen molar-refractivity contribution in [2.24, 2.45) is 0 Å². The summed E-state index contributed by atoms with van der Waals surface area (Å²) in [4.78, 5) is 3.58. The van der Waals surface area contributed by atoms with Gasteiger partial charge in [-0.05, 0) is 53.6 Å². The molecule has 0 fully saturated rings. The summed E-state index contributed by atoms with van der Waals surface area (Å²) in [6.45, 7) is 0.819. The molecule has 3 nitrogen and oxygen atoms in total. The third-order valence-corrected chi connectivity index (χ3v) is 5.50. The lowest BCUT2D eigenvalue weighted by molar-refractivity contribution is 0.364. The molecule has 1 aromatic heterocycles. The number of H-pyrrole nitrogens is 1. The third kappa shape index (κ3) is 2.45. The van der Waals surface area contributed by atoms with Crippen LogP contribution >= 0.6 is 27.7 Å². The van der Waals surface area contributed by atoms with Crippen molar-refractivity contribution in [1.82, 2.24) is 9.40 Å². The molecule has 0 spiro atoms.